The van der Waals surface area contributed by atoms with E-state index in [0.29, 0.717) is 6.61 Å². The molecular formula is C16H25NO3. The first-order valence-corrected chi connectivity index (χ1v) is 7.11. The lowest BCUT2D eigenvalue weighted by molar-refractivity contribution is -0.0172. The smallest absolute Gasteiger partial charge is 0.123 e. The molecule has 4 heteroatoms. The maximum absolute atomic E-state index is 5.64. The number of benzene rings is 1. The van der Waals surface area contributed by atoms with Crippen molar-refractivity contribution in [1.29, 1.82) is 0 Å². The van der Waals surface area contributed by atoms with E-state index in [4.69, 9.17) is 14.2 Å². The highest BCUT2D eigenvalue weighted by Crippen LogP contribution is 2.28. The summed E-state index contributed by atoms with van der Waals surface area (Å²) in [5, 5.41) is 3.54. The Kier molecular flexibility index (Phi) is 5.02. The number of ether oxygens (including phenoxy) is 3. The van der Waals surface area contributed by atoms with Gasteiger partial charge in [0.05, 0.1) is 13.7 Å². The van der Waals surface area contributed by atoms with Crippen LogP contribution >= 0.6 is 0 Å². The van der Waals surface area contributed by atoms with Gasteiger partial charge >= 0.3 is 0 Å². The van der Waals surface area contributed by atoms with Crippen LogP contribution in [-0.4, -0.2) is 39.6 Å². The minimum absolute atomic E-state index is 0.188. The largest absolute Gasteiger partial charge is 0.496 e. The first-order valence-electron chi connectivity index (χ1n) is 7.11. The fourth-order valence-electron chi connectivity index (χ4n) is 2.59. The third kappa shape index (κ3) is 3.32. The molecule has 1 aliphatic rings. The molecule has 1 aliphatic heterocycles. The Hall–Kier alpha value is -1.10. The van der Waals surface area contributed by atoms with Crippen LogP contribution in [0.1, 0.15) is 30.5 Å². The van der Waals surface area contributed by atoms with E-state index in [-0.39, 0.29) is 11.6 Å². The summed E-state index contributed by atoms with van der Waals surface area (Å²) in [6.07, 6.45) is 0.939. The topological polar surface area (TPSA) is 39.7 Å². The van der Waals surface area contributed by atoms with Crippen molar-refractivity contribution in [3.05, 3.63) is 29.3 Å². The first-order chi connectivity index (χ1) is 9.60. The van der Waals surface area contributed by atoms with E-state index in [1.54, 1.807) is 14.2 Å². The fraction of sp³-hybridized carbons (Fsp3) is 0.625. The average Bonchev–Trinajstić information content (AvgIpc) is 2.94. The van der Waals surface area contributed by atoms with Gasteiger partial charge in [-0.2, -0.15) is 0 Å². The molecule has 2 unspecified atom stereocenters. The van der Waals surface area contributed by atoms with Gasteiger partial charge in [0, 0.05) is 38.3 Å². The second-order valence-electron chi connectivity index (χ2n) is 5.54. The lowest BCUT2D eigenvalue weighted by Gasteiger charge is -2.28. The second kappa shape index (κ2) is 6.57. The van der Waals surface area contributed by atoms with Crippen LogP contribution in [0.15, 0.2) is 18.2 Å². The minimum atomic E-state index is -0.188. The zero-order chi connectivity index (χ0) is 14.6. The zero-order valence-electron chi connectivity index (χ0n) is 12.9. The Morgan fingerprint density at radius 1 is 1.40 bits per heavy atom. The van der Waals surface area contributed by atoms with E-state index >= 15 is 0 Å². The standard InChI is InChI=1S/C16H25NO3/c1-12-5-6-14(15(9-12)18-3)13(2)17-10-16(19-4)7-8-20-11-16/h5-6,9,13,17H,7-8,10-11H2,1-4H3. The SMILES string of the molecule is COc1cc(C)ccc1C(C)NCC1(OC)CCOC1. The highest BCUT2D eigenvalue weighted by atomic mass is 16.5. The van der Waals surface area contributed by atoms with Gasteiger partial charge in [-0.25, -0.2) is 0 Å². The molecule has 0 amide bonds. The van der Waals surface area contributed by atoms with Crippen LogP contribution in [0.3, 0.4) is 0 Å². The van der Waals surface area contributed by atoms with Crippen LogP contribution in [0.2, 0.25) is 0 Å². The molecule has 0 aromatic heterocycles. The van der Waals surface area contributed by atoms with Crippen molar-refractivity contribution in [2.75, 3.05) is 34.0 Å². The number of hydrogen-bond acceptors (Lipinski definition) is 4. The molecule has 1 aromatic carbocycles. The summed E-state index contributed by atoms with van der Waals surface area (Å²) < 4.78 is 16.6. The number of methoxy groups -OCH3 is 2. The highest BCUT2D eigenvalue weighted by Gasteiger charge is 2.35. The van der Waals surface area contributed by atoms with E-state index in [9.17, 15) is 0 Å². The van der Waals surface area contributed by atoms with Crippen LogP contribution < -0.4 is 10.1 Å². The Morgan fingerprint density at radius 2 is 2.20 bits per heavy atom. The number of rotatable bonds is 6. The normalized spacial score (nSPS) is 23.8. The summed E-state index contributed by atoms with van der Waals surface area (Å²) in [6, 6.07) is 6.51. The lowest BCUT2D eigenvalue weighted by atomic mass is 10.0. The fourth-order valence-corrected chi connectivity index (χ4v) is 2.59. The van der Waals surface area contributed by atoms with Gasteiger partial charge in [-0.05, 0) is 25.5 Å². The Labute approximate surface area is 121 Å². The van der Waals surface area contributed by atoms with E-state index in [1.165, 1.54) is 11.1 Å². The van der Waals surface area contributed by atoms with Gasteiger partial charge in [0.15, 0.2) is 0 Å². The molecule has 20 heavy (non-hydrogen) atoms. The summed E-state index contributed by atoms with van der Waals surface area (Å²) in [5.41, 5.74) is 2.19. The molecule has 0 spiro atoms. The molecule has 1 aromatic rings. The van der Waals surface area contributed by atoms with E-state index in [0.717, 1.165) is 25.3 Å². The molecule has 112 valence electrons. The molecule has 0 radical (unpaired) electrons. The van der Waals surface area contributed by atoms with Crippen molar-refractivity contribution in [2.24, 2.45) is 0 Å². The summed E-state index contributed by atoms with van der Waals surface area (Å²) >= 11 is 0. The lowest BCUT2D eigenvalue weighted by Crippen LogP contribution is -2.43. The van der Waals surface area contributed by atoms with Crippen LogP contribution in [0.5, 0.6) is 5.75 Å². The third-order valence-electron chi connectivity index (χ3n) is 4.09. The van der Waals surface area contributed by atoms with Crippen molar-refractivity contribution in [2.45, 2.75) is 31.9 Å². The van der Waals surface area contributed by atoms with Gasteiger partial charge < -0.3 is 19.5 Å². The van der Waals surface area contributed by atoms with Crippen LogP contribution in [-0.2, 0) is 9.47 Å². The van der Waals surface area contributed by atoms with Crippen LogP contribution in [0.4, 0.5) is 0 Å². The maximum atomic E-state index is 5.64. The first kappa shape index (κ1) is 15.3. The molecular weight excluding hydrogens is 254 g/mol. The summed E-state index contributed by atoms with van der Waals surface area (Å²) in [7, 11) is 3.47. The van der Waals surface area contributed by atoms with Gasteiger partial charge in [0.2, 0.25) is 0 Å². The third-order valence-corrected chi connectivity index (χ3v) is 4.09. The van der Waals surface area contributed by atoms with Gasteiger partial charge in [0.1, 0.15) is 11.4 Å². The molecule has 0 aliphatic carbocycles. The van der Waals surface area contributed by atoms with Gasteiger partial charge in [-0.3, -0.25) is 0 Å². The van der Waals surface area contributed by atoms with Crippen LogP contribution in [0, 0.1) is 6.92 Å². The van der Waals surface area contributed by atoms with Crippen molar-refractivity contribution < 1.29 is 14.2 Å². The van der Waals surface area contributed by atoms with Gasteiger partial charge in [-0.1, -0.05) is 12.1 Å². The molecule has 0 saturated carbocycles. The van der Waals surface area contributed by atoms with Crippen LogP contribution in [0.25, 0.3) is 0 Å². The Morgan fingerprint density at radius 3 is 2.80 bits per heavy atom. The predicted octanol–water partition coefficient (Wildman–Crippen LogP) is 2.46. The zero-order valence-corrected chi connectivity index (χ0v) is 12.9. The maximum Gasteiger partial charge on any atom is 0.123 e. The second-order valence-corrected chi connectivity index (χ2v) is 5.54. The molecule has 4 nitrogen and oxygen atoms in total. The summed E-state index contributed by atoms with van der Waals surface area (Å²) in [4.78, 5) is 0. The van der Waals surface area contributed by atoms with Gasteiger partial charge in [0.25, 0.3) is 0 Å². The number of nitrogens with one attached hydrogen (secondary N) is 1. The van der Waals surface area contributed by atoms with Gasteiger partial charge in [-0.15, -0.1) is 0 Å². The molecule has 0 bridgehead atoms. The average molecular weight is 279 g/mol. The Bertz CT molecular complexity index is 441. The van der Waals surface area contributed by atoms with Crippen molar-refractivity contribution >= 4 is 0 Å². The highest BCUT2D eigenvalue weighted by molar-refractivity contribution is 5.39. The summed E-state index contributed by atoms with van der Waals surface area (Å²) in [5.74, 6) is 0.930. The molecule has 1 heterocycles. The predicted molar refractivity (Wildman–Crippen MR) is 79.3 cm³/mol. The molecule has 2 atom stereocenters. The van der Waals surface area contributed by atoms with E-state index in [2.05, 4.69) is 37.4 Å². The number of aryl methyl sites for hydroxylation is 1. The van der Waals surface area contributed by atoms with E-state index in [1.807, 2.05) is 0 Å². The van der Waals surface area contributed by atoms with Crippen molar-refractivity contribution in [3.8, 4) is 5.75 Å². The molecule has 2 rings (SSSR count). The Balaban J connectivity index is 2.03. The minimum Gasteiger partial charge on any atom is -0.496 e. The summed E-state index contributed by atoms with van der Waals surface area (Å²) in [6.45, 7) is 6.43. The molecule has 1 saturated heterocycles. The van der Waals surface area contributed by atoms with Crippen molar-refractivity contribution in [3.63, 3.8) is 0 Å². The molecule has 1 fully saturated rings. The van der Waals surface area contributed by atoms with E-state index < -0.39 is 0 Å². The monoisotopic (exact) mass is 279 g/mol. The molecule has 1 N–H and O–H groups in total. The number of hydrogen-bond donors (Lipinski definition) is 1. The quantitative estimate of drug-likeness (QED) is 0.868. The van der Waals surface area contributed by atoms with Crippen molar-refractivity contribution in [1.82, 2.24) is 5.32 Å².